The molecule has 11 nitrogen and oxygen atoms in total. The summed E-state index contributed by atoms with van der Waals surface area (Å²) in [6.45, 7) is 1.74. The molecule has 5 N–H and O–H groups in total. The molecular formula is C18H22N6O5S. The Labute approximate surface area is 175 Å². The summed E-state index contributed by atoms with van der Waals surface area (Å²) in [5.41, 5.74) is 5.39. The van der Waals surface area contributed by atoms with Gasteiger partial charge in [-0.2, -0.15) is 0 Å². The molecule has 1 aliphatic carbocycles. The number of methoxy groups -OCH3 is 1. The first-order valence-corrected chi connectivity index (χ1v) is 9.98. The lowest BCUT2D eigenvalue weighted by Gasteiger charge is -2.19. The number of aliphatic hydroxyl groups excluding tert-OH is 1. The summed E-state index contributed by atoms with van der Waals surface area (Å²) < 4.78 is 10.2. The van der Waals surface area contributed by atoms with Crippen molar-refractivity contribution in [1.82, 2.24) is 10.2 Å². The molecule has 0 radical (unpaired) electrons. The average Bonchev–Trinajstić information content (AvgIpc) is 3.30. The molecule has 1 fully saturated rings. The molecule has 0 spiro atoms. The smallest absolute Gasteiger partial charge is 0.381 e. The number of carbonyl (C=O) groups excluding carboxylic acids is 1. The first kappa shape index (κ1) is 21.5. The van der Waals surface area contributed by atoms with E-state index in [0.717, 1.165) is 24.2 Å². The van der Waals surface area contributed by atoms with Gasteiger partial charge in [-0.25, -0.2) is 9.79 Å². The van der Waals surface area contributed by atoms with Gasteiger partial charge in [0.05, 0.1) is 24.9 Å². The van der Waals surface area contributed by atoms with Gasteiger partial charge in [-0.05, 0) is 38.5 Å². The first-order valence-electron chi connectivity index (χ1n) is 9.16. The van der Waals surface area contributed by atoms with Crippen LogP contribution in [0, 0.1) is 0 Å². The highest BCUT2D eigenvalue weighted by Gasteiger charge is 2.27. The number of aromatic nitrogens is 2. The molecule has 2 heterocycles. The van der Waals surface area contributed by atoms with Crippen molar-refractivity contribution in [1.29, 1.82) is 0 Å². The number of nitrogens with one attached hydrogen (secondary N) is 2. The van der Waals surface area contributed by atoms with Crippen LogP contribution < -0.4 is 26.7 Å². The van der Waals surface area contributed by atoms with E-state index in [4.69, 9.17) is 14.9 Å². The number of amides is 1. The van der Waals surface area contributed by atoms with E-state index in [1.807, 2.05) is 0 Å². The van der Waals surface area contributed by atoms with Crippen LogP contribution in [0.5, 0.6) is 5.75 Å². The Morgan fingerprint density at radius 3 is 2.93 bits per heavy atom. The fourth-order valence-corrected chi connectivity index (χ4v) is 3.67. The third-order valence-corrected chi connectivity index (χ3v) is 5.13. The number of anilines is 2. The van der Waals surface area contributed by atoms with Crippen LogP contribution >= 0.6 is 11.3 Å². The van der Waals surface area contributed by atoms with Crippen LogP contribution in [-0.4, -0.2) is 46.2 Å². The quantitative estimate of drug-likeness (QED) is 0.474. The summed E-state index contributed by atoms with van der Waals surface area (Å²) in [5, 5.41) is 23.9. The van der Waals surface area contributed by atoms with Crippen LogP contribution in [0.2, 0.25) is 0 Å². The standard InChI is InChI=1S/C18H22N6O5S/c1-9(6-7-19)20-17-23-24-18(30-17)22-15(26)13-8-11(14(28-2)16(27)29-13)21-10-4-3-5-12(10)25/h6-8,10,12,21,25H,3-5,19H2,1-2H3,(H,22,24,26)/b7-6-,20-9+/t10-,12+/m0/s1. The second-order valence-electron chi connectivity index (χ2n) is 6.55. The van der Waals surface area contributed by atoms with Gasteiger partial charge in [0.2, 0.25) is 16.0 Å². The molecule has 0 saturated heterocycles. The van der Waals surface area contributed by atoms with Crippen LogP contribution in [0.25, 0.3) is 0 Å². The van der Waals surface area contributed by atoms with Gasteiger partial charge in [-0.15, -0.1) is 10.2 Å². The monoisotopic (exact) mass is 434 g/mol. The number of rotatable bonds is 7. The highest BCUT2D eigenvalue weighted by molar-refractivity contribution is 7.18. The number of allylic oxidation sites excluding steroid dienone is 1. The molecule has 2 atom stereocenters. The van der Waals surface area contributed by atoms with E-state index in [-0.39, 0.29) is 28.4 Å². The van der Waals surface area contributed by atoms with Crippen molar-refractivity contribution >= 4 is 38.9 Å². The van der Waals surface area contributed by atoms with Crippen molar-refractivity contribution in [3.8, 4) is 5.75 Å². The normalized spacial score (nSPS) is 19.2. The maximum Gasteiger partial charge on any atom is 0.381 e. The van der Waals surface area contributed by atoms with Crippen molar-refractivity contribution in [3.63, 3.8) is 0 Å². The number of aliphatic imine (C=N–C) groups is 1. The maximum absolute atomic E-state index is 12.6. The summed E-state index contributed by atoms with van der Waals surface area (Å²) in [6, 6.07) is 1.11. The van der Waals surface area contributed by atoms with Crippen molar-refractivity contribution < 1.29 is 19.1 Å². The van der Waals surface area contributed by atoms with Crippen LogP contribution in [0.4, 0.5) is 16.0 Å². The first-order chi connectivity index (χ1) is 14.4. The minimum atomic E-state index is -0.813. The van der Waals surface area contributed by atoms with Gasteiger partial charge >= 0.3 is 5.63 Å². The molecule has 0 bridgehead atoms. The lowest BCUT2D eigenvalue weighted by molar-refractivity contribution is 0.0991. The molecule has 12 heteroatoms. The van der Waals surface area contributed by atoms with Crippen LogP contribution in [0.1, 0.15) is 36.7 Å². The number of aliphatic hydroxyl groups is 1. The largest absolute Gasteiger partial charge is 0.488 e. The fraction of sp³-hybridized carbons (Fsp3) is 0.389. The summed E-state index contributed by atoms with van der Waals surface area (Å²) >= 11 is 1.04. The van der Waals surface area contributed by atoms with Crippen LogP contribution in [0.15, 0.2) is 32.5 Å². The van der Waals surface area contributed by atoms with Gasteiger partial charge in [0.25, 0.3) is 5.91 Å². The molecule has 0 aliphatic heterocycles. The molecule has 2 aromatic rings. The van der Waals surface area contributed by atoms with Crippen LogP contribution in [0.3, 0.4) is 0 Å². The molecule has 30 heavy (non-hydrogen) atoms. The van der Waals surface area contributed by atoms with Gasteiger partial charge in [-0.1, -0.05) is 11.3 Å². The predicted molar refractivity (Wildman–Crippen MR) is 113 cm³/mol. The number of nitrogens with two attached hydrogens (primary N) is 1. The Morgan fingerprint density at radius 1 is 1.47 bits per heavy atom. The predicted octanol–water partition coefficient (Wildman–Crippen LogP) is 1.64. The molecule has 0 unspecified atom stereocenters. The topological polar surface area (TPSA) is 165 Å². The minimum absolute atomic E-state index is 0.0679. The second kappa shape index (κ2) is 9.50. The van der Waals surface area contributed by atoms with Crippen molar-refractivity contribution in [2.75, 3.05) is 17.7 Å². The van der Waals surface area contributed by atoms with E-state index in [2.05, 4.69) is 25.8 Å². The van der Waals surface area contributed by atoms with Crippen LogP contribution in [-0.2, 0) is 0 Å². The molecular weight excluding hydrogens is 412 g/mol. The van der Waals surface area contributed by atoms with E-state index < -0.39 is 17.6 Å². The zero-order valence-corrected chi connectivity index (χ0v) is 17.2. The highest BCUT2D eigenvalue weighted by atomic mass is 32.1. The van der Waals surface area contributed by atoms with Crippen molar-refractivity contribution in [2.24, 2.45) is 10.7 Å². The summed E-state index contributed by atoms with van der Waals surface area (Å²) in [5.74, 6) is -0.991. The van der Waals surface area contributed by atoms with E-state index in [9.17, 15) is 14.7 Å². The van der Waals surface area contributed by atoms with Gasteiger partial charge < -0.3 is 25.3 Å². The number of hydrogen-bond donors (Lipinski definition) is 4. The van der Waals surface area contributed by atoms with E-state index in [1.165, 1.54) is 19.4 Å². The molecule has 3 rings (SSSR count). The molecule has 160 valence electrons. The number of nitrogens with zero attached hydrogens (tertiary/aromatic N) is 3. The highest BCUT2D eigenvalue weighted by Crippen LogP contribution is 2.28. The third-order valence-electron chi connectivity index (χ3n) is 4.40. The van der Waals surface area contributed by atoms with E-state index in [0.29, 0.717) is 17.3 Å². The Kier molecular flexibility index (Phi) is 6.79. The molecule has 0 aromatic carbocycles. The third kappa shape index (κ3) is 5.02. The lowest BCUT2D eigenvalue weighted by atomic mass is 10.2. The molecule has 1 saturated carbocycles. The Bertz CT molecular complexity index is 1030. The van der Waals surface area contributed by atoms with Crippen molar-refractivity contribution in [3.05, 3.63) is 34.5 Å². The zero-order valence-electron chi connectivity index (χ0n) is 16.4. The number of hydrogen-bond acceptors (Lipinski definition) is 11. The second-order valence-corrected chi connectivity index (χ2v) is 7.51. The van der Waals surface area contributed by atoms with E-state index >= 15 is 0 Å². The average molecular weight is 434 g/mol. The summed E-state index contributed by atoms with van der Waals surface area (Å²) in [6.07, 6.45) is 4.66. The Morgan fingerprint density at radius 2 is 2.27 bits per heavy atom. The van der Waals surface area contributed by atoms with Gasteiger partial charge in [0.1, 0.15) is 0 Å². The van der Waals surface area contributed by atoms with E-state index in [1.54, 1.807) is 13.0 Å². The summed E-state index contributed by atoms with van der Waals surface area (Å²) in [7, 11) is 1.33. The molecule has 2 aromatic heterocycles. The molecule has 1 aliphatic rings. The Balaban J connectivity index is 1.80. The van der Waals surface area contributed by atoms with Gasteiger partial charge in [0.15, 0.2) is 5.76 Å². The zero-order chi connectivity index (χ0) is 21.7. The maximum atomic E-state index is 12.6. The number of carbonyl (C=O) groups is 1. The number of ether oxygens (including phenoxy) is 1. The Hall–Kier alpha value is -3.25. The van der Waals surface area contributed by atoms with Crippen molar-refractivity contribution in [2.45, 2.75) is 38.3 Å². The minimum Gasteiger partial charge on any atom is -0.488 e. The fourth-order valence-electron chi connectivity index (χ4n) is 3.00. The lowest BCUT2D eigenvalue weighted by Crippen LogP contribution is -2.29. The molecule has 1 amide bonds. The SMILES string of the molecule is COc1c(N[C@H]2CCC[C@H]2O)cc(C(=O)Nc2nnc(/N=C(C)/C=C\N)s2)oc1=O. The summed E-state index contributed by atoms with van der Waals surface area (Å²) in [4.78, 5) is 29.0. The van der Waals surface area contributed by atoms with Gasteiger partial charge in [-0.3, -0.25) is 10.1 Å². The van der Waals surface area contributed by atoms with Gasteiger partial charge in [0, 0.05) is 11.8 Å².